The van der Waals surface area contributed by atoms with Crippen LogP contribution < -0.4 is 16.4 Å². The Balaban J connectivity index is 2.01. The van der Waals surface area contributed by atoms with E-state index in [-0.39, 0.29) is 11.8 Å². The number of hydrogen-bond acceptors (Lipinski definition) is 5. The van der Waals surface area contributed by atoms with Gasteiger partial charge >= 0.3 is 0 Å². The molecule has 0 unspecified atom stereocenters. The molecule has 0 aliphatic carbocycles. The minimum absolute atomic E-state index is 0.00901. The Hall–Kier alpha value is -1.85. The predicted molar refractivity (Wildman–Crippen MR) is 60.6 cm³/mol. The Morgan fingerprint density at radius 1 is 1.38 bits per heavy atom. The Morgan fingerprint density at radius 3 is 2.62 bits per heavy atom. The van der Waals surface area contributed by atoms with E-state index in [1.54, 1.807) is 6.20 Å². The minimum Gasteiger partial charge on any atom is -0.382 e. The number of rotatable bonds is 2. The number of hydrogen-bond donors (Lipinski definition) is 2. The second kappa shape index (κ2) is 4.34. The largest absolute Gasteiger partial charge is 0.382 e. The Labute approximate surface area is 93.7 Å². The van der Waals surface area contributed by atoms with E-state index < -0.39 is 0 Å². The number of nitrogens with two attached hydrogens (primary N) is 2. The summed E-state index contributed by atoms with van der Waals surface area (Å²) in [7, 11) is 0. The van der Waals surface area contributed by atoms with E-state index in [1.807, 2.05) is 0 Å². The molecule has 0 saturated carbocycles. The highest BCUT2D eigenvalue weighted by Gasteiger charge is 2.23. The lowest BCUT2D eigenvalue weighted by atomic mass is 9.96. The van der Waals surface area contributed by atoms with Crippen molar-refractivity contribution in [3.8, 4) is 0 Å². The van der Waals surface area contributed by atoms with E-state index in [9.17, 15) is 4.79 Å². The normalized spacial score (nSPS) is 17.4. The molecule has 4 N–H and O–H groups in total. The maximum atomic E-state index is 11.0. The van der Waals surface area contributed by atoms with Crippen LogP contribution in [-0.4, -0.2) is 29.0 Å². The molecule has 0 radical (unpaired) electrons. The molecule has 6 nitrogen and oxygen atoms in total. The van der Waals surface area contributed by atoms with Gasteiger partial charge in [-0.15, -0.1) is 0 Å². The zero-order valence-electron chi connectivity index (χ0n) is 8.97. The first-order valence-corrected chi connectivity index (χ1v) is 5.28. The van der Waals surface area contributed by atoms with Gasteiger partial charge in [0, 0.05) is 19.0 Å². The summed E-state index contributed by atoms with van der Waals surface area (Å²) in [5.74, 6) is 0.959. The van der Waals surface area contributed by atoms with Crippen molar-refractivity contribution >= 4 is 17.5 Å². The number of nitrogen functional groups attached to an aromatic ring is 1. The lowest BCUT2D eigenvalue weighted by Crippen LogP contribution is -2.39. The lowest BCUT2D eigenvalue weighted by molar-refractivity contribution is -0.122. The smallest absolute Gasteiger partial charge is 0.220 e. The van der Waals surface area contributed by atoms with Crippen molar-refractivity contribution in [2.45, 2.75) is 12.8 Å². The molecule has 6 heteroatoms. The number of primary amides is 1. The van der Waals surface area contributed by atoms with E-state index in [0.29, 0.717) is 5.82 Å². The summed E-state index contributed by atoms with van der Waals surface area (Å²) < 4.78 is 0. The topological polar surface area (TPSA) is 98.1 Å². The highest BCUT2D eigenvalue weighted by atomic mass is 16.1. The van der Waals surface area contributed by atoms with Gasteiger partial charge in [-0.2, -0.15) is 0 Å². The highest BCUT2D eigenvalue weighted by Crippen LogP contribution is 2.21. The van der Waals surface area contributed by atoms with Crippen LogP contribution in [0.3, 0.4) is 0 Å². The van der Waals surface area contributed by atoms with Gasteiger partial charge in [0.2, 0.25) is 5.91 Å². The van der Waals surface area contributed by atoms with Gasteiger partial charge in [0.1, 0.15) is 11.6 Å². The zero-order chi connectivity index (χ0) is 11.5. The van der Waals surface area contributed by atoms with Gasteiger partial charge in [0.15, 0.2) is 0 Å². The number of amides is 1. The first-order valence-electron chi connectivity index (χ1n) is 5.28. The molecule has 1 aliphatic rings. The van der Waals surface area contributed by atoms with Crippen LogP contribution in [0.2, 0.25) is 0 Å². The van der Waals surface area contributed by atoms with Gasteiger partial charge in [0.25, 0.3) is 0 Å². The minimum atomic E-state index is -0.210. The number of aromatic nitrogens is 2. The Bertz CT molecular complexity index is 387. The molecule has 1 aromatic rings. The van der Waals surface area contributed by atoms with Crippen LogP contribution in [0.5, 0.6) is 0 Å². The number of carbonyl (C=O) groups is 1. The molecule has 16 heavy (non-hydrogen) atoms. The van der Waals surface area contributed by atoms with Crippen molar-refractivity contribution < 1.29 is 4.79 Å². The van der Waals surface area contributed by atoms with Crippen molar-refractivity contribution in [1.82, 2.24) is 9.97 Å². The Morgan fingerprint density at radius 2 is 2.06 bits per heavy atom. The maximum absolute atomic E-state index is 11.0. The molecular weight excluding hydrogens is 206 g/mol. The molecule has 86 valence electrons. The quantitative estimate of drug-likeness (QED) is 0.718. The summed E-state index contributed by atoms with van der Waals surface area (Å²) in [6, 6.07) is 0. The van der Waals surface area contributed by atoms with Crippen molar-refractivity contribution in [2.75, 3.05) is 23.7 Å². The summed E-state index contributed by atoms with van der Waals surface area (Å²) in [6.07, 6.45) is 4.73. The average Bonchev–Trinajstić information content (AvgIpc) is 2.29. The van der Waals surface area contributed by atoms with Crippen LogP contribution in [0.4, 0.5) is 11.6 Å². The van der Waals surface area contributed by atoms with Gasteiger partial charge in [-0.1, -0.05) is 0 Å². The van der Waals surface area contributed by atoms with Crippen LogP contribution in [0, 0.1) is 5.92 Å². The van der Waals surface area contributed by atoms with Crippen molar-refractivity contribution in [3.05, 3.63) is 12.4 Å². The summed E-state index contributed by atoms with van der Waals surface area (Å²) >= 11 is 0. The molecule has 0 spiro atoms. The van der Waals surface area contributed by atoms with Gasteiger partial charge in [0.05, 0.1) is 12.4 Å². The fraction of sp³-hybridized carbons (Fsp3) is 0.500. The van der Waals surface area contributed by atoms with Crippen LogP contribution in [-0.2, 0) is 4.79 Å². The predicted octanol–water partition coefficient (Wildman–Crippen LogP) is -0.240. The van der Waals surface area contributed by atoms with Crippen LogP contribution >= 0.6 is 0 Å². The van der Waals surface area contributed by atoms with E-state index in [0.717, 1.165) is 31.7 Å². The molecule has 0 bridgehead atoms. The monoisotopic (exact) mass is 221 g/mol. The highest BCUT2D eigenvalue weighted by molar-refractivity contribution is 5.76. The summed E-state index contributed by atoms with van der Waals surface area (Å²) in [4.78, 5) is 21.3. The maximum Gasteiger partial charge on any atom is 0.220 e. The number of nitrogens with zero attached hydrogens (tertiary/aromatic N) is 3. The summed E-state index contributed by atoms with van der Waals surface area (Å²) in [5.41, 5.74) is 10.8. The van der Waals surface area contributed by atoms with Crippen molar-refractivity contribution in [3.63, 3.8) is 0 Å². The van der Waals surface area contributed by atoms with Crippen LogP contribution in [0.15, 0.2) is 12.4 Å². The molecular formula is C10H15N5O. The van der Waals surface area contributed by atoms with E-state index >= 15 is 0 Å². The van der Waals surface area contributed by atoms with E-state index in [2.05, 4.69) is 14.9 Å². The van der Waals surface area contributed by atoms with Crippen LogP contribution in [0.25, 0.3) is 0 Å². The molecule has 1 saturated heterocycles. The number of anilines is 2. The first-order chi connectivity index (χ1) is 7.66. The second-order valence-electron chi connectivity index (χ2n) is 3.97. The summed E-state index contributed by atoms with van der Waals surface area (Å²) in [5, 5.41) is 0. The van der Waals surface area contributed by atoms with Gasteiger partial charge < -0.3 is 16.4 Å². The molecule has 1 fully saturated rings. The molecule has 1 aromatic heterocycles. The summed E-state index contributed by atoms with van der Waals surface area (Å²) in [6.45, 7) is 1.54. The van der Waals surface area contributed by atoms with Crippen molar-refractivity contribution in [2.24, 2.45) is 11.7 Å². The van der Waals surface area contributed by atoms with E-state index in [4.69, 9.17) is 11.5 Å². The third-order valence-corrected chi connectivity index (χ3v) is 2.86. The van der Waals surface area contributed by atoms with Gasteiger partial charge in [-0.3, -0.25) is 9.78 Å². The number of piperidine rings is 1. The standard InChI is InChI=1S/C10H15N5O/c11-8-5-13-6-9(14-8)15-3-1-7(2-4-15)10(12)16/h5-7H,1-4H2,(H2,11,14)(H2,12,16). The molecule has 2 rings (SSSR count). The molecule has 2 heterocycles. The third-order valence-electron chi connectivity index (χ3n) is 2.86. The number of carbonyl (C=O) groups excluding carboxylic acids is 1. The van der Waals surface area contributed by atoms with Crippen LogP contribution in [0.1, 0.15) is 12.8 Å². The third kappa shape index (κ3) is 2.21. The molecule has 1 amide bonds. The fourth-order valence-corrected chi connectivity index (χ4v) is 1.92. The molecule has 1 aliphatic heterocycles. The zero-order valence-corrected chi connectivity index (χ0v) is 8.97. The Kier molecular flexibility index (Phi) is 2.89. The molecule has 0 atom stereocenters. The average molecular weight is 221 g/mol. The fourth-order valence-electron chi connectivity index (χ4n) is 1.92. The molecule has 0 aromatic carbocycles. The first kappa shape index (κ1) is 10.7. The van der Waals surface area contributed by atoms with E-state index in [1.165, 1.54) is 6.20 Å². The lowest BCUT2D eigenvalue weighted by Gasteiger charge is -2.31. The second-order valence-corrected chi connectivity index (χ2v) is 3.97. The van der Waals surface area contributed by atoms with Gasteiger partial charge in [-0.05, 0) is 12.8 Å². The van der Waals surface area contributed by atoms with Gasteiger partial charge in [-0.25, -0.2) is 4.98 Å². The van der Waals surface area contributed by atoms with Crippen molar-refractivity contribution in [1.29, 1.82) is 0 Å². The SMILES string of the molecule is NC(=O)C1CCN(c2cncc(N)n2)CC1.